The van der Waals surface area contributed by atoms with Gasteiger partial charge in [-0.1, -0.05) is 19.9 Å². The first-order valence-electron chi connectivity index (χ1n) is 5.08. The van der Waals surface area contributed by atoms with Crippen molar-refractivity contribution in [1.82, 2.24) is 5.32 Å². The van der Waals surface area contributed by atoms with E-state index in [4.69, 9.17) is 11.5 Å². The summed E-state index contributed by atoms with van der Waals surface area (Å²) >= 11 is 0. The molecule has 0 radical (unpaired) electrons. The molecule has 0 amide bonds. The normalized spacial score (nSPS) is 10.8. The second kappa shape index (κ2) is 8.41. The Kier molecular flexibility index (Phi) is 7.70. The molecule has 0 aliphatic carbocycles. The number of hydrogen-bond acceptors (Lipinski definition) is 2. The second-order valence-corrected chi connectivity index (χ2v) is 3.57. The summed E-state index contributed by atoms with van der Waals surface area (Å²) in [6, 6.07) is 0. The Labute approximate surface area is 86.5 Å². The summed E-state index contributed by atoms with van der Waals surface area (Å²) in [5.74, 6) is 0.779. The zero-order chi connectivity index (χ0) is 10.8. The Balaban J connectivity index is 3.18. The first-order valence-corrected chi connectivity index (χ1v) is 5.08. The van der Waals surface area contributed by atoms with E-state index < -0.39 is 0 Å². The minimum absolute atomic E-state index is 0.178. The number of nitrogens with two attached hydrogens (primary N) is 2. The van der Waals surface area contributed by atoms with Gasteiger partial charge >= 0.3 is 0 Å². The highest BCUT2D eigenvalue weighted by molar-refractivity contribution is 5.75. The largest absolute Gasteiger partial charge is 0.391 e. The van der Waals surface area contributed by atoms with Crippen molar-refractivity contribution in [3.8, 4) is 0 Å². The van der Waals surface area contributed by atoms with E-state index in [0.29, 0.717) is 5.92 Å². The maximum absolute atomic E-state index is 5.19. The van der Waals surface area contributed by atoms with Gasteiger partial charge in [-0.2, -0.15) is 0 Å². The molecule has 0 heterocycles. The van der Waals surface area contributed by atoms with Crippen LogP contribution in [0.2, 0.25) is 0 Å². The minimum Gasteiger partial charge on any atom is -0.391 e. The van der Waals surface area contributed by atoms with Crippen molar-refractivity contribution in [2.24, 2.45) is 22.4 Å². The van der Waals surface area contributed by atoms with E-state index in [1.54, 1.807) is 0 Å². The lowest BCUT2D eigenvalue weighted by atomic mass is 10.2. The molecule has 0 saturated carbocycles. The van der Waals surface area contributed by atoms with Gasteiger partial charge in [-0.05, 0) is 25.0 Å². The Morgan fingerprint density at radius 1 is 1.36 bits per heavy atom. The lowest BCUT2D eigenvalue weighted by Gasteiger charge is -2.00. The Morgan fingerprint density at radius 3 is 2.64 bits per heavy atom. The molecule has 0 aromatic carbocycles. The quantitative estimate of drug-likeness (QED) is 0.322. The highest BCUT2D eigenvalue weighted by Crippen LogP contribution is 1.92. The number of nitrogens with zero attached hydrogens (tertiary/aromatic N) is 1. The number of unbranched alkanes of at least 4 members (excludes halogenated alkanes) is 1. The number of guanidine groups is 1. The predicted octanol–water partition coefficient (Wildman–Crippen LogP) is 0.799. The summed E-state index contributed by atoms with van der Waals surface area (Å²) < 4.78 is 0. The van der Waals surface area contributed by atoms with Crippen LogP contribution in [0, 0.1) is 5.92 Å². The summed E-state index contributed by atoms with van der Waals surface area (Å²) in [4.78, 5) is 3.90. The fourth-order valence-corrected chi connectivity index (χ4v) is 0.891. The lowest BCUT2D eigenvalue weighted by Crippen LogP contribution is -2.23. The van der Waals surface area contributed by atoms with E-state index in [2.05, 4.69) is 30.2 Å². The Hall–Kier alpha value is -1.19. The summed E-state index contributed by atoms with van der Waals surface area (Å²) in [7, 11) is 0. The molecule has 0 bridgehead atoms. The molecule has 82 valence electrons. The molecule has 0 aromatic heterocycles. The van der Waals surface area contributed by atoms with E-state index in [9.17, 15) is 0 Å². The van der Waals surface area contributed by atoms with Crippen LogP contribution >= 0.6 is 0 Å². The van der Waals surface area contributed by atoms with Crippen LogP contribution in [0.15, 0.2) is 17.3 Å². The van der Waals surface area contributed by atoms with Gasteiger partial charge in [0.15, 0.2) is 5.96 Å². The van der Waals surface area contributed by atoms with Crippen LogP contribution < -0.4 is 16.8 Å². The molecule has 14 heavy (non-hydrogen) atoms. The SMILES string of the molecule is CC(C)C=CNCCCCN=C(N)N. The third-order valence-corrected chi connectivity index (χ3v) is 1.62. The monoisotopic (exact) mass is 198 g/mol. The van der Waals surface area contributed by atoms with Gasteiger partial charge in [0, 0.05) is 13.1 Å². The highest BCUT2D eigenvalue weighted by Gasteiger charge is 1.86. The molecule has 0 saturated heterocycles. The van der Waals surface area contributed by atoms with Crippen molar-refractivity contribution in [3.63, 3.8) is 0 Å². The number of hydrogen-bond donors (Lipinski definition) is 3. The summed E-state index contributed by atoms with van der Waals surface area (Å²) in [6.45, 7) is 6.00. The molecule has 5 N–H and O–H groups in total. The third kappa shape index (κ3) is 10.8. The van der Waals surface area contributed by atoms with Gasteiger partial charge in [0.25, 0.3) is 0 Å². The molecular formula is C10H22N4. The van der Waals surface area contributed by atoms with Gasteiger partial charge in [0.1, 0.15) is 0 Å². The van der Waals surface area contributed by atoms with E-state index in [-0.39, 0.29) is 5.96 Å². The van der Waals surface area contributed by atoms with Crippen molar-refractivity contribution in [2.45, 2.75) is 26.7 Å². The van der Waals surface area contributed by atoms with Gasteiger partial charge in [0.2, 0.25) is 0 Å². The predicted molar refractivity (Wildman–Crippen MR) is 61.9 cm³/mol. The van der Waals surface area contributed by atoms with E-state index >= 15 is 0 Å². The molecule has 0 aromatic rings. The van der Waals surface area contributed by atoms with Gasteiger partial charge in [0.05, 0.1) is 0 Å². The van der Waals surface area contributed by atoms with Gasteiger partial charge in [-0.3, -0.25) is 4.99 Å². The van der Waals surface area contributed by atoms with Crippen LogP contribution in [0.1, 0.15) is 26.7 Å². The molecule has 0 aliphatic heterocycles. The number of aliphatic imine (C=N–C) groups is 1. The Bertz CT molecular complexity index is 181. The van der Waals surface area contributed by atoms with E-state index in [0.717, 1.165) is 25.9 Å². The van der Waals surface area contributed by atoms with Gasteiger partial charge in [-0.15, -0.1) is 0 Å². The fraction of sp³-hybridized carbons (Fsp3) is 0.700. The van der Waals surface area contributed by atoms with Crippen molar-refractivity contribution in [3.05, 3.63) is 12.3 Å². The molecule has 0 rings (SSSR count). The first-order chi connectivity index (χ1) is 6.63. The van der Waals surface area contributed by atoms with Crippen LogP contribution in [0.5, 0.6) is 0 Å². The number of rotatable bonds is 7. The number of allylic oxidation sites excluding steroid dienone is 1. The van der Waals surface area contributed by atoms with Crippen molar-refractivity contribution in [1.29, 1.82) is 0 Å². The molecular weight excluding hydrogens is 176 g/mol. The highest BCUT2D eigenvalue weighted by atomic mass is 15.0. The molecule has 0 aliphatic rings. The minimum atomic E-state index is 0.178. The van der Waals surface area contributed by atoms with Crippen LogP contribution in [0.25, 0.3) is 0 Å². The lowest BCUT2D eigenvalue weighted by molar-refractivity contribution is 0.698. The van der Waals surface area contributed by atoms with Crippen LogP contribution in [-0.2, 0) is 0 Å². The summed E-state index contributed by atoms with van der Waals surface area (Å²) in [5, 5.41) is 3.21. The molecule has 4 nitrogen and oxygen atoms in total. The maximum atomic E-state index is 5.19. The van der Waals surface area contributed by atoms with Crippen LogP contribution in [0.4, 0.5) is 0 Å². The Morgan fingerprint density at radius 2 is 2.07 bits per heavy atom. The van der Waals surface area contributed by atoms with E-state index in [1.165, 1.54) is 0 Å². The van der Waals surface area contributed by atoms with Crippen molar-refractivity contribution >= 4 is 5.96 Å². The van der Waals surface area contributed by atoms with Crippen LogP contribution in [-0.4, -0.2) is 19.0 Å². The average Bonchev–Trinajstić information content (AvgIpc) is 2.08. The molecule has 0 fully saturated rings. The summed E-state index contributed by atoms with van der Waals surface area (Å²) in [5.41, 5.74) is 10.4. The molecule has 4 heteroatoms. The molecule has 0 spiro atoms. The smallest absolute Gasteiger partial charge is 0.185 e. The maximum Gasteiger partial charge on any atom is 0.185 e. The zero-order valence-electron chi connectivity index (χ0n) is 9.16. The third-order valence-electron chi connectivity index (χ3n) is 1.62. The topological polar surface area (TPSA) is 76.4 Å². The fourth-order valence-electron chi connectivity index (χ4n) is 0.891. The van der Waals surface area contributed by atoms with Crippen LogP contribution in [0.3, 0.4) is 0 Å². The first kappa shape index (κ1) is 12.8. The standard InChI is InChI=1S/C10H22N4/c1-9(2)5-8-13-6-3-4-7-14-10(11)12/h5,8-9,13H,3-4,6-7H2,1-2H3,(H4,11,12,14). The average molecular weight is 198 g/mol. The summed E-state index contributed by atoms with van der Waals surface area (Å²) in [6.07, 6.45) is 6.24. The van der Waals surface area contributed by atoms with Crippen molar-refractivity contribution in [2.75, 3.05) is 13.1 Å². The van der Waals surface area contributed by atoms with Gasteiger partial charge < -0.3 is 16.8 Å². The molecule has 0 unspecified atom stereocenters. The second-order valence-electron chi connectivity index (χ2n) is 3.57. The van der Waals surface area contributed by atoms with Gasteiger partial charge in [-0.25, -0.2) is 0 Å². The molecule has 0 atom stereocenters. The zero-order valence-corrected chi connectivity index (χ0v) is 9.16. The number of nitrogens with one attached hydrogen (secondary N) is 1. The van der Waals surface area contributed by atoms with Crippen molar-refractivity contribution < 1.29 is 0 Å². The van der Waals surface area contributed by atoms with E-state index in [1.807, 2.05) is 6.20 Å².